The molecule has 174 valence electrons. The molecule has 0 saturated heterocycles. The number of rotatable bonds is 5. The molecule has 1 heterocycles. The van der Waals surface area contributed by atoms with Gasteiger partial charge >= 0.3 is 0 Å². The van der Waals surface area contributed by atoms with E-state index < -0.39 is 11.0 Å². The van der Waals surface area contributed by atoms with Crippen molar-refractivity contribution in [2.45, 2.75) is 39.3 Å². The fourth-order valence-corrected chi connectivity index (χ4v) is 4.56. The summed E-state index contributed by atoms with van der Waals surface area (Å²) in [6, 6.07) is 22.1. The summed E-state index contributed by atoms with van der Waals surface area (Å²) in [6.45, 7) is 5.72. The number of nitro groups is 1. The molecule has 2 atom stereocenters. The third kappa shape index (κ3) is 4.29. The van der Waals surface area contributed by atoms with Crippen molar-refractivity contribution in [2.75, 3.05) is 9.80 Å². The average Bonchev–Trinajstić information content (AvgIpc) is 2.84. The van der Waals surface area contributed by atoms with Gasteiger partial charge in [-0.3, -0.25) is 19.7 Å². The van der Waals surface area contributed by atoms with Crippen LogP contribution in [0.3, 0.4) is 0 Å². The van der Waals surface area contributed by atoms with Crippen LogP contribution in [-0.4, -0.2) is 22.8 Å². The van der Waals surface area contributed by atoms with Crippen LogP contribution in [0.5, 0.6) is 0 Å². The molecule has 0 unspecified atom stereocenters. The number of carbonyl (C=O) groups is 2. The lowest BCUT2D eigenvalue weighted by atomic mass is 9.88. The van der Waals surface area contributed by atoms with Crippen molar-refractivity contribution in [2.24, 2.45) is 5.92 Å². The summed E-state index contributed by atoms with van der Waals surface area (Å²) >= 11 is 0. The minimum atomic E-state index is -0.463. The van der Waals surface area contributed by atoms with Gasteiger partial charge < -0.3 is 9.80 Å². The molecule has 1 aliphatic heterocycles. The van der Waals surface area contributed by atoms with Crippen LogP contribution in [0.1, 0.15) is 49.2 Å². The minimum Gasteiger partial charge on any atom is -0.309 e. The second kappa shape index (κ2) is 9.47. The molecule has 7 heteroatoms. The van der Waals surface area contributed by atoms with Gasteiger partial charge in [-0.25, -0.2) is 0 Å². The van der Waals surface area contributed by atoms with Gasteiger partial charge in [0.15, 0.2) is 0 Å². The van der Waals surface area contributed by atoms with Gasteiger partial charge in [0.05, 0.1) is 16.7 Å². The molecule has 0 aliphatic carbocycles. The van der Waals surface area contributed by atoms with Gasteiger partial charge in [-0.05, 0) is 43.2 Å². The number of nitrogens with zero attached hydrogens (tertiary/aromatic N) is 3. The van der Waals surface area contributed by atoms with E-state index in [0.29, 0.717) is 17.7 Å². The van der Waals surface area contributed by atoms with E-state index in [0.717, 1.165) is 11.3 Å². The van der Waals surface area contributed by atoms with E-state index in [9.17, 15) is 19.7 Å². The van der Waals surface area contributed by atoms with Gasteiger partial charge in [-0.2, -0.15) is 0 Å². The second-order valence-corrected chi connectivity index (χ2v) is 8.84. The standard InChI is InChI=1S/C27H27N3O4/c1-18(2)26(31)28-19(3)16-25(23-14-7-8-15-24(23)28)29(27(32)20-10-5-4-6-11-20)21-12-9-13-22(17-21)30(33)34/h4-15,17-19,25H,16H2,1-3H3/t19-,25-/m1/s1. The zero-order valence-corrected chi connectivity index (χ0v) is 19.4. The van der Waals surface area contributed by atoms with Gasteiger partial charge in [0, 0.05) is 35.3 Å². The molecule has 7 nitrogen and oxygen atoms in total. The summed E-state index contributed by atoms with van der Waals surface area (Å²) < 4.78 is 0. The molecule has 0 radical (unpaired) electrons. The maximum Gasteiger partial charge on any atom is 0.271 e. The number of amides is 2. The predicted molar refractivity (Wildman–Crippen MR) is 132 cm³/mol. The maximum absolute atomic E-state index is 13.8. The average molecular weight is 458 g/mol. The Bertz CT molecular complexity index is 1230. The van der Waals surface area contributed by atoms with Crippen molar-refractivity contribution in [1.29, 1.82) is 0 Å². The van der Waals surface area contributed by atoms with Gasteiger partial charge in [-0.1, -0.05) is 56.3 Å². The molecule has 0 spiro atoms. The molecule has 0 N–H and O–H groups in total. The first-order valence-electron chi connectivity index (χ1n) is 11.3. The molecule has 3 aromatic carbocycles. The minimum absolute atomic E-state index is 0.0229. The van der Waals surface area contributed by atoms with Crippen LogP contribution in [0.4, 0.5) is 17.1 Å². The Labute approximate surface area is 198 Å². The Balaban J connectivity index is 1.88. The van der Waals surface area contributed by atoms with E-state index in [-0.39, 0.29) is 29.5 Å². The first-order valence-corrected chi connectivity index (χ1v) is 11.3. The first kappa shape index (κ1) is 23.2. The van der Waals surface area contributed by atoms with Crippen molar-refractivity contribution >= 4 is 28.9 Å². The SMILES string of the molecule is CC(C)C(=O)N1c2ccccc2[C@H](N(C(=O)c2ccccc2)c2cccc([N+](=O)[O-])c2)C[C@H]1C. The smallest absolute Gasteiger partial charge is 0.271 e. The number of carbonyl (C=O) groups excluding carboxylic acids is 2. The summed E-state index contributed by atoms with van der Waals surface area (Å²) in [5.41, 5.74) is 2.45. The van der Waals surface area contributed by atoms with Gasteiger partial charge in [0.1, 0.15) is 0 Å². The zero-order valence-electron chi connectivity index (χ0n) is 19.4. The Morgan fingerprint density at radius 2 is 1.68 bits per heavy atom. The van der Waals surface area contributed by atoms with E-state index in [1.165, 1.54) is 12.1 Å². The molecular formula is C27H27N3O4. The highest BCUT2D eigenvalue weighted by Crippen LogP contribution is 2.43. The number of anilines is 2. The summed E-state index contributed by atoms with van der Waals surface area (Å²) in [6.07, 6.45) is 0.497. The fourth-order valence-electron chi connectivity index (χ4n) is 4.56. The Hall–Kier alpha value is -4.00. The maximum atomic E-state index is 13.8. The predicted octanol–water partition coefficient (Wildman–Crippen LogP) is 5.76. The third-order valence-electron chi connectivity index (χ3n) is 6.16. The molecule has 2 amide bonds. The number of hydrogen-bond acceptors (Lipinski definition) is 4. The van der Waals surface area contributed by atoms with Crippen LogP contribution in [0.25, 0.3) is 0 Å². The lowest BCUT2D eigenvalue weighted by Crippen LogP contribution is -2.49. The first-order chi connectivity index (χ1) is 16.3. The molecule has 3 aromatic rings. The normalized spacial score (nSPS) is 17.2. The number of non-ortho nitro benzene ring substituents is 1. The Kier molecular flexibility index (Phi) is 6.45. The molecule has 0 bridgehead atoms. The monoisotopic (exact) mass is 457 g/mol. The Morgan fingerprint density at radius 3 is 2.35 bits per heavy atom. The highest BCUT2D eigenvalue weighted by molar-refractivity contribution is 6.07. The van der Waals surface area contributed by atoms with Crippen molar-refractivity contribution in [3.63, 3.8) is 0 Å². The number of hydrogen-bond donors (Lipinski definition) is 0. The summed E-state index contributed by atoms with van der Waals surface area (Å²) in [5, 5.41) is 11.5. The van der Waals surface area contributed by atoms with E-state index in [2.05, 4.69) is 0 Å². The van der Waals surface area contributed by atoms with Crippen molar-refractivity contribution < 1.29 is 14.5 Å². The lowest BCUT2D eigenvalue weighted by molar-refractivity contribution is -0.384. The Morgan fingerprint density at radius 1 is 1.00 bits per heavy atom. The largest absolute Gasteiger partial charge is 0.309 e. The summed E-state index contributed by atoms with van der Waals surface area (Å²) in [4.78, 5) is 41.4. The number of para-hydroxylation sites is 1. The summed E-state index contributed by atoms with van der Waals surface area (Å²) in [5.74, 6) is -0.405. The molecular weight excluding hydrogens is 430 g/mol. The molecule has 0 saturated carbocycles. The molecule has 0 fully saturated rings. The molecule has 0 aromatic heterocycles. The fraction of sp³-hybridized carbons (Fsp3) is 0.259. The van der Waals surface area contributed by atoms with E-state index in [1.54, 1.807) is 41.3 Å². The van der Waals surface area contributed by atoms with Crippen LogP contribution in [0.15, 0.2) is 78.9 Å². The zero-order chi connectivity index (χ0) is 24.4. The summed E-state index contributed by atoms with van der Waals surface area (Å²) in [7, 11) is 0. The van der Waals surface area contributed by atoms with Gasteiger partial charge in [0.2, 0.25) is 5.91 Å². The lowest BCUT2D eigenvalue weighted by Gasteiger charge is -2.44. The van der Waals surface area contributed by atoms with Crippen LogP contribution in [0.2, 0.25) is 0 Å². The quantitative estimate of drug-likeness (QED) is 0.360. The van der Waals surface area contributed by atoms with E-state index in [1.807, 2.05) is 56.0 Å². The number of nitro benzene ring substituents is 1. The van der Waals surface area contributed by atoms with E-state index in [4.69, 9.17) is 0 Å². The topological polar surface area (TPSA) is 83.8 Å². The van der Waals surface area contributed by atoms with Gasteiger partial charge in [-0.15, -0.1) is 0 Å². The van der Waals surface area contributed by atoms with Crippen LogP contribution in [-0.2, 0) is 4.79 Å². The van der Waals surface area contributed by atoms with Crippen LogP contribution < -0.4 is 9.80 Å². The molecule has 1 aliphatic rings. The van der Waals surface area contributed by atoms with Crippen molar-refractivity contribution in [1.82, 2.24) is 0 Å². The van der Waals surface area contributed by atoms with E-state index >= 15 is 0 Å². The highest BCUT2D eigenvalue weighted by atomic mass is 16.6. The van der Waals surface area contributed by atoms with Gasteiger partial charge in [0.25, 0.3) is 11.6 Å². The highest BCUT2D eigenvalue weighted by Gasteiger charge is 2.39. The second-order valence-electron chi connectivity index (χ2n) is 8.84. The van der Waals surface area contributed by atoms with Crippen molar-refractivity contribution in [3.05, 3.63) is 100 Å². The van der Waals surface area contributed by atoms with Crippen LogP contribution >= 0.6 is 0 Å². The molecule has 34 heavy (non-hydrogen) atoms. The van der Waals surface area contributed by atoms with Crippen molar-refractivity contribution in [3.8, 4) is 0 Å². The third-order valence-corrected chi connectivity index (χ3v) is 6.16. The van der Waals surface area contributed by atoms with Crippen LogP contribution in [0, 0.1) is 16.0 Å². The number of fused-ring (bicyclic) bond motifs is 1. The number of benzene rings is 3. The molecule has 4 rings (SSSR count).